The van der Waals surface area contributed by atoms with Crippen LogP contribution in [0.2, 0.25) is 0 Å². The number of benzene rings is 3. The van der Waals surface area contributed by atoms with E-state index in [1.54, 1.807) is 11.0 Å². The van der Waals surface area contributed by atoms with Gasteiger partial charge in [-0.05, 0) is 61.7 Å². The van der Waals surface area contributed by atoms with E-state index in [1.807, 2.05) is 63.2 Å². The van der Waals surface area contributed by atoms with Crippen LogP contribution < -0.4 is 9.80 Å². The third-order valence-corrected chi connectivity index (χ3v) is 5.67. The number of para-hydroxylation sites is 1. The fraction of sp³-hybridized carbons (Fsp3) is 0.154. The molecule has 0 radical (unpaired) electrons. The molecule has 0 aliphatic carbocycles. The van der Waals surface area contributed by atoms with Crippen LogP contribution in [0.4, 0.5) is 20.2 Å². The van der Waals surface area contributed by atoms with Crippen molar-refractivity contribution in [2.75, 3.05) is 16.3 Å². The van der Waals surface area contributed by atoms with E-state index in [9.17, 15) is 18.4 Å². The Bertz CT molecular complexity index is 1250. The van der Waals surface area contributed by atoms with Crippen LogP contribution in [0.1, 0.15) is 23.6 Å². The molecule has 0 saturated heterocycles. The summed E-state index contributed by atoms with van der Waals surface area (Å²) in [5.74, 6) is -3.33. The van der Waals surface area contributed by atoms with Gasteiger partial charge in [-0.2, -0.15) is 0 Å². The van der Waals surface area contributed by atoms with Crippen LogP contribution in [0.5, 0.6) is 0 Å². The highest BCUT2D eigenvalue weighted by atomic mass is 19.2. The quantitative estimate of drug-likeness (QED) is 0.508. The van der Waals surface area contributed by atoms with Crippen LogP contribution in [0, 0.1) is 25.5 Å². The Labute approximate surface area is 185 Å². The van der Waals surface area contributed by atoms with Crippen molar-refractivity contribution in [3.05, 3.63) is 101 Å². The zero-order chi connectivity index (χ0) is 23.0. The molecule has 0 atom stereocenters. The molecule has 4 nitrogen and oxygen atoms in total. The average Bonchev–Trinajstić information content (AvgIpc) is 3.04. The number of carbonyl (C=O) groups is 2. The molecule has 3 aromatic carbocycles. The molecule has 1 aliphatic rings. The van der Waals surface area contributed by atoms with Crippen molar-refractivity contribution in [1.29, 1.82) is 0 Å². The largest absolute Gasteiger partial charge is 0.337 e. The number of amides is 2. The molecule has 1 aliphatic heterocycles. The van der Waals surface area contributed by atoms with E-state index in [1.165, 1.54) is 6.07 Å². The van der Waals surface area contributed by atoms with E-state index in [4.69, 9.17) is 0 Å². The molecule has 0 bridgehead atoms. The summed E-state index contributed by atoms with van der Waals surface area (Å²) in [4.78, 5) is 29.9. The summed E-state index contributed by atoms with van der Waals surface area (Å²) in [6, 6.07) is 17.8. The maximum absolute atomic E-state index is 13.9. The number of hydrogen-bond acceptors (Lipinski definition) is 3. The fourth-order valence-corrected chi connectivity index (χ4v) is 3.86. The van der Waals surface area contributed by atoms with E-state index in [0.29, 0.717) is 12.1 Å². The van der Waals surface area contributed by atoms with Crippen molar-refractivity contribution in [1.82, 2.24) is 0 Å². The third kappa shape index (κ3) is 3.58. The van der Waals surface area contributed by atoms with Crippen LogP contribution in [-0.2, 0) is 9.59 Å². The van der Waals surface area contributed by atoms with Gasteiger partial charge >= 0.3 is 0 Å². The smallest absolute Gasteiger partial charge is 0.282 e. The molecule has 0 aromatic heterocycles. The normalized spacial score (nSPS) is 13.8. The second-order valence-corrected chi connectivity index (χ2v) is 7.65. The van der Waals surface area contributed by atoms with Crippen molar-refractivity contribution in [3.63, 3.8) is 0 Å². The van der Waals surface area contributed by atoms with E-state index in [-0.39, 0.29) is 17.0 Å². The Balaban J connectivity index is 1.93. The van der Waals surface area contributed by atoms with Gasteiger partial charge in [0.1, 0.15) is 5.70 Å². The van der Waals surface area contributed by atoms with Crippen molar-refractivity contribution in [2.24, 2.45) is 0 Å². The van der Waals surface area contributed by atoms with Crippen LogP contribution >= 0.6 is 0 Å². The standard InChI is InChI=1S/C26H22F2N2O2/c1-4-29(19-8-6-5-7-9-19)24-23(18-11-10-16(2)17(3)14-18)25(31)30(26(24)32)20-12-13-21(27)22(28)15-20/h5-15H,4H2,1-3H3. The summed E-state index contributed by atoms with van der Waals surface area (Å²) in [6.07, 6.45) is 0. The summed E-state index contributed by atoms with van der Waals surface area (Å²) < 4.78 is 27.4. The maximum Gasteiger partial charge on any atom is 0.282 e. The highest BCUT2D eigenvalue weighted by Crippen LogP contribution is 2.37. The highest BCUT2D eigenvalue weighted by Gasteiger charge is 2.42. The first-order valence-electron chi connectivity index (χ1n) is 10.3. The Kier molecular flexibility index (Phi) is 5.61. The Hall–Kier alpha value is -3.80. The van der Waals surface area contributed by atoms with Crippen LogP contribution in [-0.4, -0.2) is 18.4 Å². The number of nitrogens with zero attached hydrogens (tertiary/aromatic N) is 2. The number of carbonyl (C=O) groups excluding carboxylic acids is 2. The number of imide groups is 1. The molecule has 0 fully saturated rings. The molecule has 162 valence electrons. The van der Waals surface area contributed by atoms with E-state index < -0.39 is 23.4 Å². The summed E-state index contributed by atoms with van der Waals surface area (Å²) in [5, 5.41) is 0. The van der Waals surface area contributed by atoms with Gasteiger partial charge in [0.05, 0.1) is 11.3 Å². The minimum absolute atomic E-state index is 0.0145. The first kappa shape index (κ1) is 21.4. The molecule has 2 amide bonds. The lowest BCUT2D eigenvalue weighted by Crippen LogP contribution is -2.35. The highest BCUT2D eigenvalue weighted by molar-refractivity contribution is 6.46. The molecule has 6 heteroatoms. The first-order valence-corrected chi connectivity index (χ1v) is 10.3. The van der Waals surface area contributed by atoms with Crippen molar-refractivity contribution >= 4 is 28.8 Å². The lowest BCUT2D eigenvalue weighted by Gasteiger charge is -2.25. The predicted octanol–water partition coefficient (Wildman–Crippen LogP) is 5.39. The second-order valence-electron chi connectivity index (χ2n) is 7.65. The molecular weight excluding hydrogens is 410 g/mol. The molecule has 0 spiro atoms. The molecule has 3 aromatic rings. The molecule has 1 heterocycles. The minimum Gasteiger partial charge on any atom is -0.337 e. The topological polar surface area (TPSA) is 40.6 Å². The monoisotopic (exact) mass is 432 g/mol. The molecular formula is C26H22F2N2O2. The fourth-order valence-electron chi connectivity index (χ4n) is 3.86. The second kappa shape index (κ2) is 8.38. The molecule has 0 saturated carbocycles. The number of anilines is 2. The third-order valence-electron chi connectivity index (χ3n) is 5.67. The van der Waals surface area contributed by atoms with Gasteiger partial charge in [-0.3, -0.25) is 9.59 Å². The van der Waals surface area contributed by atoms with E-state index in [2.05, 4.69) is 0 Å². The Morgan fingerprint density at radius 1 is 0.812 bits per heavy atom. The predicted molar refractivity (Wildman–Crippen MR) is 121 cm³/mol. The molecule has 4 rings (SSSR count). The van der Waals surface area contributed by atoms with Crippen molar-refractivity contribution < 1.29 is 18.4 Å². The van der Waals surface area contributed by atoms with Gasteiger partial charge in [0.15, 0.2) is 11.6 Å². The maximum atomic E-state index is 13.9. The summed E-state index contributed by atoms with van der Waals surface area (Å²) >= 11 is 0. The first-order chi connectivity index (χ1) is 15.3. The van der Waals surface area contributed by atoms with Gasteiger partial charge in [-0.1, -0.05) is 36.4 Å². The zero-order valence-corrected chi connectivity index (χ0v) is 18.0. The van der Waals surface area contributed by atoms with E-state index in [0.717, 1.165) is 33.8 Å². The van der Waals surface area contributed by atoms with Crippen LogP contribution in [0.15, 0.2) is 72.4 Å². The zero-order valence-electron chi connectivity index (χ0n) is 18.0. The molecule has 0 unspecified atom stereocenters. The van der Waals surface area contributed by atoms with Gasteiger partial charge in [-0.15, -0.1) is 0 Å². The minimum atomic E-state index is -1.13. The number of hydrogen-bond donors (Lipinski definition) is 0. The van der Waals surface area contributed by atoms with Crippen LogP contribution in [0.25, 0.3) is 5.57 Å². The van der Waals surface area contributed by atoms with Crippen molar-refractivity contribution in [3.8, 4) is 0 Å². The number of halogens is 2. The van der Waals surface area contributed by atoms with E-state index >= 15 is 0 Å². The van der Waals surface area contributed by atoms with Gasteiger partial charge < -0.3 is 4.90 Å². The summed E-state index contributed by atoms with van der Waals surface area (Å²) in [6.45, 7) is 6.21. The Morgan fingerprint density at radius 2 is 1.53 bits per heavy atom. The van der Waals surface area contributed by atoms with Gasteiger partial charge in [0.25, 0.3) is 11.8 Å². The van der Waals surface area contributed by atoms with Gasteiger partial charge in [-0.25, -0.2) is 13.7 Å². The van der Waals surface area contributed by atoms with Crippen LogP contribution in [0.3, 0.4) is 0 Å². The number of likely N-dealkylation sites (N-methyl/N-ethyl adjacent to an activating group) is 1. The lowest BCUT2D eigenvalue weighted by atomic mass is 9.99. The number of rotatable bonds is 5. The summed E-state index contributed by atoms with van der Waals surface area (Å²) in [7, 11) is 0. The lowest BCUT2D eigenvalue weighted by molar-refractivity contribution is -0.120. The molecule has 0 N–H and O–H groups in total. The van der Waals surface area contributed by atoms with Gasteiger partial charge in [0, 0.05) is 18.3 Å². The molecule has 32 heavy (non-hydrogen) atoms. The van der Waals surface area contributed by atoms with Gasteiger partial charge in [0.2, 0.25) is 0 Å². The van der Waals surface area contributed by atoms with Crippen molar-refractivity contribution in [2.45, 2.75) is 20.8 Å². The Morgan fingerprint density at radius 3 is 2.16 bits per heavy atom. The summed E-state index contributed by atoms with van der Waals surface area (Å²) in [5.41, 5.74) is 3.80. The number of aryl methyl sites for hydroxylation is 2. The SMILES string of the molecule is CCN(C1=C(c2ccc(C)c(C)c2)C(=O)N(c2ccc(F)c(F)c2)C1=O)c1ccccc1. The average molecular weight is 432 g/mol.